The number of hydrogen-bond acceptors (Lipinski definition) is 3. The lowest BCUT2D eigenvalue weighted by atomic mass is 10.2. The summed E-state index contributed by atoms with van der Waals surface area (Å²) >= 11 is 0. The van der Waals surface area contributed by atoms with Crippen molar-refractivity contribution in [3.8, 4) is 5.75 Å². The van der Waals surface area contributed by atoms with Crippen LogP contribution in [0.25, 0.3) is 0 Å². The Morgan fingerprint density at radius 1 is 1.09 bits per heavy atom. The predicted octanol–water partition coefficient (Wildman–Crippen LogP) is 2.20. The van der Waals surface area contributed by atoms with Crippen LogP contribution in [0.15, 0.2) is 24.3 Å². The van der Waals surface area contributed by atoms with E-state index in [2.05, 4.69) is 0 Å². The Morgan fingerprint density at radius 2 is 1.82 bits per heavy atom. The second-order valence-corrected chi connectivity index (χ2v) is 5.85. The highest BCUT2D eigenvalue weighted by atomic mass is 16.5. The van der Waals surface area contributed by atoms with Crippen molar-refractivity contribution in [1.29, 1.82) is 0 Å². The summed E-state index contributed by atoms with van der Waals surface area (Å²) in [7, 11) is 0. The molecule has 0 spiro atoms. The molecule has 2 aliphatic heterocycles. The maximum Gasteiger partial charge on any atom is 0.265 e. The minimum absolute atomic E-state index is 0.0505. The van der Waals surface area contributed by atoms with Crippen molar-refractivity contribution < 1.29 is 14.3 Å². The summed E-state index contributed by atoms with van der Waals surface area (Å²) < 4.78 is 5.42. The molecule has 0 atom stereocenters. The number of likely N-dealkylation sites (tertiary alicyclic amines) is 1. The number of nitrogens with zero attached hydrogens (tertiary/aromatic N) is 2. The first-order valence-corrected chi connectivity index (χ1v) is 8.06. The maximum atomic E-state index is 12.4. The Morgan fingerprint density at radius 3 is 2.59 bits per heavy atom. The molecule has 1 fully saturated rings. The third-order valence-corrected chi connectivity index (χ3v) is 4.32. The van der Waals surface area contributed by atoms with Crippen molar-refractivity contribution in [2.75, 3.05) is 31.1 Å². The number of para-hydroxylation sites is 2. The first-order chi connectivity index (χ1) is 10.8. The molecule has 1 saturated heterocycles. The van der Waals surface area contributed by atoms with Gasteiger partial charge >= 0.3 is 0 Å². The largest absolute Gasteiger partial charge is 0.482 e. The molecule has 2 aliphatic rings. The van der Waals surface area contributed by atoms with Gasteiger partial charge < -0.3 is 14.5 Å². The van der Waals surface area contributed by atoms with Gasteiger partial charge in [0.25, 0.3) is 5.91 Å². The molecule has 22 heavy (non-hydrogen) atoms. The Kier molecular flexibility index (Phi) is 4.61. The average molecular weight is 302 g/mol. The van der Waals surface area contributed by atoms with Crippen molar-refractivity contribution in [3.63, 3.8) is 0 Å². The second-order valence-electron chi connectivity index (χ2n) is 5.85. The number of amides is 2. The van der Waals surface area contributed by atoms with Crippen LogP contribution in [-0.2, 0) is 9.59 Å². The Balaban J connectivity index is 1.63. The van der Waals surface area contributed by atoms with E-state index in [-0.39, 0.29) is 18.4 Å². The topological polar surface area (TPSA) is 49.9 Å². The highest BCUT2D eigenvalue weighted by Gasteiger charge is 2.26. The number of anilines is 1. The van der Waals surface area contributed by atoms with Gasteiger partial charge in [0.1, 0.15) is 5.75 Å². The van der Waals surface area contributed by atoms with Crippen molar-refractivity contribution >= 4 is 17.5 Å². The monoisotopic (exact) mass is 302 g/mol. The summed E-state index contributed by atoms with van der Waals surface area (Å²) in [6.45, 7) is 2.18. The van der Waals surface area contributed by atoms with Gasteiger partial charge in [0, 0.05) is 26.1 Å². The lowest BCUT2D eigenvalue weighted by Gasteiger charge is -2.30. The van der Waals surface area contributed by atoms with Gasteiger partial charge in [0.05, 0.1) is 5.69 Å². The predicted molar refractivity (Wildman–Crippen MR) is 84.0 cm³/mol. The number of carbonyl (C=O) groups is 2. The van der Waals surface area contributed by atoms with Crippen LogP contribution in [0.5, 0.6) is 5.75 Å². The summed E-state index contributed by atoms with van der Waals surface area (Å²) in [6.07, 6.45) is 4.97. The van der Waals surface area contributed by atoms with Crippen LogP contribution in [0.3, 0.4) is 0 Å². The van der Waals surface area contributed by atoms with E-state index in [0.29, 0.717) is 18.7 Å². The standard InChI is InChI=1S/C17H22N2O3/c20-16(18-10-5-1-2-6-11-18)9-12-19-14-7-3-4-8-15(14)22-13-17(19)21/h3-4,7-8H,1-2,5-6,9-13H2. The van der Waals surface area contributed by atoms with E-state index in [0.717, 1.165) is 31.6 Å². The number of benzene rings is 1. The fourth-order valence-electron chi connectivity index (χ4n) is 3.08. The third kappa shape index (κ3) is 3.24. The van der Waals surface area contributed by atoms with E-state index in [1.54, 1.807) is 4.90 Å². The smallest absolute Gasteiger partial charge is 0.265 e. The molecule has 5 nitrogen and oxygen atoms in total. The summed E-state index contributed by atoms with van der Waals surface area (Å²) in [4.78, 5) is 28.1. The van der Waals surface area contributed by atoms with Gasteiger partial charge in [0.2, 0.25) is 5.91 Å². The fraction of sp³-hybridized carbons (Fsp3) is 0.529. The molecule has 1 aromatic carbocycles. The molecule has 0 radical (unpaired) electrons. The maximum absolute atomic E-state index is 12.4. The van der Waals surface area contributed by atoms with E-state index in [4.69, 9.17) is 4.74 Å². The highest BCUT2D eigenvalue weighted by molar-refractivity contribution is 5.98. The van der Waals surface area contributed by atoms with E-state index in [1.165, 1.54) is 12.8 Å². The normalized spacial score (nSPS) is 18.5. The van der Waals surface area contributed by atoms with Gasteiger partial charge in [-0.3, -0.25) is 9.59 Å². The third-order valence-electron chi connectivity index (χ3n) is 4.32. The van der Waals surface area contributed by atoms with Gasteiger partial charge in [-0.15, -0.1) is 0 Å². The zero-order valence-corrected chi connectivity index (χ0v) is 12.8. The Bertz CT molecular complexity index is 551. The minimum Gasteiger partial charge on any atom is -0.482 e. The van der Waals surface area contributed by atoms with Crippen LogP contribution in [0.4, 0.5) is 5.69 Å². The van der Waals surface area contributed by atoms with Crippen LogP contribution in [0.2, 0.25) is 0 Å². The zero-order valence-electron chi connectivity index (χ0n) is 12.8. The number of carbonyl (C=O) groups excluding carboxylic acids is 2. The molecule has 2 heterocycles. The molecule has 0 aromatic heterocycles. The van der Waals surface area contributed by atoms with Gasteiger partial charge in [-0.1, -0.05) is 25.0 Å². The molecule has 5 heteroatoms. The first-order valence-electron chi connectivity index (χ1n) is 8.06. The molecule has 2 amide bonds. The van der Waals surface area contributed by atoms with Crippen molar-refractivity contribution in [1.82, 2.24) is 4.90 Å². The van der Waals surface area contributed by atoms with Gasteiger partial charge in [-0.2, -0.15) is 0 Å². The zero-order chi connectivity index (χ0) is 15.4. The molecule has 0 N–H and O–H groups in total. The van der Waals surface area contributed by atoms with Gasteiger partial charge in [0.15, 0.2) is 6.61 Å². The first kappa shape index (κ1) is 14.9. The lowest BCUT2D eigenvalue weighted by Crippen LogP contribution is -2.41. The van der Waals surface area contributed by atoms with Crippen molar-refractivity contribution in [3.05, 3.63) is 24.3 Å². The van der Waals surface area contributed by atoms with Crippen molar-refractivity contribution in [2.45, 2.75) is 32.1 Å². The van der Waals surface area contributed by atoms with Crippen molar-refractivity contribution in [2.24, 2.45) is 0 Å². The molecular weight excluding hydrogens is 280 g/mol. The SMILES string of the molecule is O=C(CCN1C(=O)COc2ccccc21)N1CCCCCC1. The van der Waals surface area contributed by atoms with Gasteiger partial charge in [-0.25, -0.2) is 0 Å². The molecule has 1 aromatic rings. The van der Waals surface area contributed by atoms with E-state index in [1.807, 2.05) is 29.2 Å². The summed E-state index contributed by atoms with van der Waals surface area (Å²) in [6, 6.07) is 7.48. The average Bonchev–Trinajstić information content (AvgIpc) is 2.83. The molecule has 0 saturated carbocycles. The summed E-state index contributed by atoms with van der Waals surface area (Å²) in [5.41, 5.74) is 0.766. The number of ether oxygens (including phenoxy) is 1. The lowest BCUT2D eigenvalue weighted by molar-refractivity contribution is -0.131. The van der Waals surface area contributed by atoms with E-state index in [9.17, 15) is 9.59 Å². The Hall–Kier alpha value is -2.04. The summed E-state index contributed by atoms with van der Waals surface area (Å²) in [5, 5.41) is 0. The van der Waals surface area contributed by atoms with Crippen LogP contribution in [0, 0.1) is 0 Å². The van der Waals surface area contributed by atoms with E-state index < -0.39 is 0 Å². The van der Waals surface area contributed by atoms with Crippen LogP contribution < -0.4 is 9.64 Å². The number of rotatable bonds is 3. The summed E-state index contributed by atoms with van der Waals surface area (Å²) in [5.74, 6) is 0.783. The number of fused-ring (bicyclic) bond motifs is 1. The van der Waals surface area contributed by atoms with Crippen LogP contribution >= 0.6 is 0 Å². The molecule has 118 valence electrons. The minimum atomic E-state index is -0.0811. The fourth-order valence-corrected chi connectivity index (χ4v) is 3.08. The van der Waals surface area contributed by atoms with Crippen LogP contribution in [-0.4, -0.2) is 43.0 Å². The molecule has 0 unspecified atom stereocenters. The Labute approximate surface area is 130 Å². The number of hydrogen-bond donors (Lipinski definition) is 0. The molecule has 3 rings (SSSR count). The van der Waals surface area contributed by atoms with Gasteiger partial charge in [-0.05, 0) is 25.0 Å². The second kappa shape index (κ2) is 6.81. The quantitative estimate of drug-likeness (QED) is 0.860. The molecule has 0 bridgehead atoms. The highest BCUT2D eigenvalue weighted by Crippen LogP contribution is 2.31. The van der Waals surface area contributed by atoms with E-state index >= 15 is 0 Å². The van der Waals surface area contributed by atoms with Crippen LogP contribution in [0.1, 0.15) is 32.1 Å². The molecule has 0 aliphatic carbocycles. The molecular formula is C17H22N2O3.